The lowest BCUT2D eigenvalue weighted by Crippen LogP contribution is -2.24. The van der Waals surface area contributed by atoms with Crippen LogP contribution in [0, 0.1) is 6.92 Å². The topological polar surface area (TPSA) is 38.3 Å². The van der Waals surface area contributed by atoms with Crippen molar-refractivity contribution in [2.45, 2.75) is 26.7 Å². The van der Waals surface area contributed by atoms with Crippen molar-refractivity contribution in [2.75, 3.05) is 13.2 Å². The molecule has 1 N–H and O–H groups in total. The van der Waals surface area contributed by atoms with E-state index in [2.05, 4.69) is 36.5 Å². The number of rotatable bonds is 7. The molecule has 0 atom stereocenters. The molecule has 0 aliphatic carbocycles. The largest absolute Gasteiger partial charge is 0.492 e. The Morgan fingerprint density at radius 2 is 2.04 bits per heavy atom. The van der Waals surface area contributed by atoms with Gasteiger partial charge >= 0.3 is 0 Å². The van der Waals surface area contributed by atoms with Crippen LogP contribution < -0.4 is 10.1 Å². The van der Waals surface area contributed by atoms with Crippen molar-refractivity contribution >= 4 is 17.5 Å². The molecule has 0 heterocycles. The maximum atomic E-state index is 12.1. The van der Waals surface area contributed by atoms with Gasteiger partial charge in [0, 0.05) is 12.1 Å². The summed E-state index contributed by atoms with van der Waals surface area (Å²) >= 11 is 6.10. The van der Waals surface area contributed by atoms with Crippen LogP contribution in [0.15, 0.2) is 42.5 Å². The fourth-order valence-electron chi connectivity index (χ4n) is 2.38. The minimum atomic E-state index is -0.112. The minimum absolute atomic E-state index is 0.112. The molecule has 0 aliphatic heterocycles. The quantitative estimate of drug-likeness (QED) is 0.763. The summed E-state index contributed by atoms with van der Waals surface area (Å²) in [5.74, 6) is 0.490. The van der Waals surface area contributed by atoms with Crippen molar-refractivity contribution in [1.29, 1.82) is 0 Å². The Hall–Kier alpha value is -2.00. The molecule has 0 spiro atoms. The Labute approximate surface area is 142 Å². The molecular formula is C19H22ClNO2. The Balaban J connectivity index is 1.81. The van der Waals surface area contributed by atoms with E-state index < -0.39 is 0 Å². The van der Waals surface area contributed by atoms with E-state index >= 15 is 0 Å². The first-order valence-electron chi connectivity index (χ1n) is 7.86. The Morgan fingerprint density at radius 1 is 1.22 bits per heavy atom. The number of aryl methyl sites for hydroxylation is 2. The summed E-state index contributed by atoms with van der Waals surface area (Å²) in [6.07, 6.45) is 1.85. The van der Waals surface area contributed by atoms with Gasteiger partial charge in [-0.2, -0.15) is 0 Å². The summed E-state index contributed by atoms with van der Waals surface area (Å²) in [6.45, 7) is 5.16. The molecule has 1 amide bonds. The molecule has 0 saturated heterocycles. The van der Waals surface area contributed by atoms with Crippen molar-refractivity contribution in [2.24, 2.45) is 0 Å². The number of hydrogen-bond donors (Lipinski definition) is 1. The molecule has 4 heteroatoms. The van der Waals surface area contributed by atoms with Gasteiger partial charge in [0.15, 0.2) is 0 Å². The van der Waals surface area contributed by atoms with Crippen LogP contribution in [0.25, 0.3) is 0 Å². The Morgan fingerprint density at radius 3 is 2.74 bits per heavy atom. The van der Waals surface area contributed by atoms with Gasteiger partial charge < -0.3 is 10.1 Å². The van der Waals surface area contributed by atoms with Crippen molar-refractivity contribution in [3.8, 4) is 5.75 Å². The SMILES string of the molecule is CCOc1ccc(C(=O)NCCCc2cccc(C)c2)cc1Cl. The monoisotopic (exact) mass is 331 g/mol. The zero-order valence-electron chi connectivity index (χ0n) is 13.6. The normalized spacial score (nSPS) is 10.4. The van der Waals surface area contributed by atoms with E-state index in [-0.39, 0.29) is 5.91 Å². The van der Waals surface area contributed by atoms with E-state index in [0.717, 1.165) is 12.8 Å². The number of carbonyl (C=O) groups excluding carboxylic acids is 1. The van der Waals surface area contributed by atoms with Crippen LogP contribution in [-0.4, -0.2) is 19.1 Å². The van der Waals surface area contributed by atoms with Gasteiger partial charge in [0.1, 0.15) is 5.75 Å². The van der Waals surface area contributed by atoms with Crippen LogP contribution in [0.3, 0.4) is 0 Å². The lowest BCUT2D eigenvalue weighted by atomic mass is 10.1. The highest BCUT2D eigenvalue weighted by molar-refractivity contribution is 6.32. The fourth-order valence-corrected chi connectivity index (χ4v) is 2.61. The van der Waals surface area contributed by atoms with Crippen LogP contribution in [0.1, 0.15) is 34.8 Å². The minimum Gasteiger partial charge on any atom is -0.492 e. The first-order valence-corrected chi connectivity index (χ1v) is 8.24. The van der Waals surface area contributed by atoms with E-state index in [1.807, 2.05) is 6.92 Å². The summed E-state index contributed by atoms with van der Waals surface area (Å²) in [4.78, 5) is 12.1. The third-order valence-electron chi connectivity index (χ3n) is 3.50. The predicted octanol–water partition coefficient (Wildman–Crippen LogP) is 4.41. The molecule has 2 rings (SSSR count). The number of nitrogens with one attached hydrogen (secondary N) is 1. The van der Waals surface area contributed by atoms with Crippen molar-refractivity contribution in [3.05, 3.63) is 64.2 Å². The van der Waals surface area contributed by atoms with E-state index in [9.17, 15) is 4.79 Å². The summed E-state index contributed by atoms with van der Waals surface area (Å²) in [5.41, 5.74) is 3.10. The van der Waals surface area contributed by atoms with Crippen LogP contribution >= 0.6 is 11.6 Å². The summed E-state index contributed by atoms with van der Waals surface area (Å²) < 4.78 is 5.36. The molecule has 2 aromatic carbocycles. The highest BCUT2D eigenvalue weighted by Gasteiger charge is 2.08. The van der Waals surface area contributed by atoms with Gasteiger partial charge in [-0.05, 0) is 50.5 Å². The van der Waals surface area contributed by atoms with Crippen LogP contribution in [0.2, 0.25) is 5.02 Å². The third kappa shape index (κ3) is 5.29. The third-order valence-corrected chi connectivity index (χ3v) is 3.80. The van der Waals surface area contributed by atoms with E-state index in [0.29, 0.717) is 29.5 Å². The molecule has 0 fully saturated rings. The lowest BCUT2D eigenvalue weighted by Gasteiger charge is -2.09. The molecule has 0 radical (unpaired) electrons. The summed E-state index contributed by atoms with van der Waals surface area (Å²) in [6, 6.07) is 13.5. The second-order valence-corrected chi connectivity index (χ2v) is 5.83. The molecule has 0 saturated carbocycles. The highest BCUT2D eigenvalue weighted by Crippen LogP contribution is 2.25. The molecule has 2 aromatic rings. The number of carbonyl (C=O) groups is 1. The lowest BCUT2D eigenvalue weighted by molar-refractivity contribution is 0.0953. The van der Waals surface area contributed by atoms with Gasteiger partial charge in [-0.25, -0.2) is 0 Å². The first-order chi connectivity index (χ1) is 11.1. The molecule has 3 nitrogen and oxygen atoms in total. The van der Waals surface area contributed by atoms with E-state index in [1.165, 1.54) is 11.1 Å². The number of hydrogen-bond acceptors (Lipinski definition) is 2. The Bertz CT molecular complexity index is 670. The van der Waals surface area contributed by atoms with E-state index in [4.69, 9.17) is 16.3 Å². The maximum absolute atomic E-state index is 12.1. The molecule has 23 heavy (non-hydrogen) atoms. The van der Waals surface area contributed by atoms with Gasteiger partial charge in [0.05, 0.1) is 11.6 Å². The van der Waals surface area contributed by atoms with Crippen LogP contribution in [0.4, 0.5) is 0 Å². The van der Waals surface area contributed by atoms with Crippen LogP contribution in [0.5, 0.6) is 5.75 Å². The van der Waals surface area contributed by atoms with E-state index in [1.54, 1.807) is 18.2 Å². The number of benzene rings is 2. The zero-order chi connectivity index (χ0) is 16.7. The molecular weight excluding hydrogens is 310 g/mol. The average molecular weight is 332 g/mol. The number of ether oxygens (including phenoxy) is 1. The van der Waals surface area contributed by atoms with Gasteiger partial charge in [-0.3, -0.25) is 4.79 Å². The smallest absolute Gasteiger partial charge is 0.251 e. The summed E-state index contributed by atoms with van der Waals surface area (Å²) in [7, 11) is 0. The zero-order valence-corrected chi connectivity index (χ0v) is 14.3. The van der Waals surface area contributed by atoms with Crippen molar-refractivity contribution in [3.63, 3.8) is 0 Å². The molecule has 122 valence electrons. The molecule has 0 aliphatic rings. The molecule has 0 aromatic heterocycles. The van der Waals surface area contributed by atoms with Gasteiger partial charge in [-0.15, -0.1) is 0 Å². The van der Waals surface area contributed by atoms with Crippen LogP contribution in [-0.2, 0) is 6.42 Å². The first kappa shape index (κ1) is 17.4. The number of halogens is 1. The Kier molecular flexibility index (Phi) is 6.48. The second-order valence-electron chi connectivity index (χ2n) is 5.43. The van der Waals surface area contributed by atoms with Gasteiger partial charge in [0.2, 0.25) is 0 Å². The highest BCUT2D eigenvalue weighted by atomic mass is 35.5. The number of amides is 1. The molecule has 0 unspecified atom stereocenters. The van der Waals surface area contributed by atoms with Gasteiger partial charge in [-0.1, -0.05) is 41.4 Å². The fraction of sp³-hybridized carbons (Fsp3) is 0.316. The summed E-state index contributed by atoms with van der Waals surface area (Å²) in [5, 5.41) is 3.38. The molecule has 0 bridgehead atoms. The van der Waals surface area contributed by atoms with Gasteiger partial charge in [0.25, 0.3) is 5.91 Å². The maximum Gasteiger partial charge on any atom is 0.251 e. The average Bonchev–Trinajstić information content (AvgIpc) is 2.53. The second kappa shape index (κ2) is 8.59. The standard InChI is InChI=1S/C19H22ClNO2/c1-3-23-18-10-9-16(13-17(18)20)19(22)21-11-5-8-15-7-4-6-14(2)12-15/h4,6-7,9-10,12-13H,3,5,8,11H2,1-2H3,(H,21,22). The predicted molar refractivity (Wildman–Crippen MR) is 94.5 cm³/mol. The van der Waals surface area contributed by atoms with Crippen molar-refractivity contribution in [1.82, 2.24) is 5.32 Å². The van der Waals surface area contributed by atoms with Crippen molar-refractivity contribution < 1.29 is 9.53 Å².